The molecule has 16 heavy (non-hydrogen) atoms. The monoisotopic (exact) mass is 277 g/mol. The highest BCUT2D eigenvalue weighted by Crippen LogP contribution is 2.38. The lowest BCUT2D eigenvalue weighted by atomic mass is 9.81. The van der Waals surface area contributed by atoms with Gasteiger partial charge in [0.05, 0.1) is 11.2 Å². The Bertz CT molecular complexity index is 549. The standard InChI is InChI=1S/C12H12BrN3/c13-8-4-5-10-9(6-8)11(7-2-1-3-7)16-12(14)15-10/h4-7H,1-3H2,(H2,14,15,16). The average molecular weight is 278 g/mol. The summed E-state index contributed by atoms with van der Waals surface area (Å²) in [5, 5.41) is 1.13. The molecule has 1 fully saturated rings. The van der Waals surface area contributed by atoms with Crippen molar-refractivity contribution < 1.29 is 0 Å². The molecule has 0 spiro atoms. The number of aromatic nitrogens is 2. The molecule has 1 aliphatic rings. The van der Waals surface area contributed by atoms with Gasteiger partial charge in [-0.15, -0.1) is 0 Å². The summed E-state index contributed by atoms with van der Waals surface area (Å²) >= 11 is 3.49. The molecule has 4 heteroatoms. The van der Waals surface area contributed by atoms with E-state index in [1.165, 1.54) is 19.3 Å². The van der Waals surface area contributed by atoms with Gasteiger partial charge in [0.25, 0.3) is 0 Å². The molecule has 0 aliphatic heterocycles. The lowest BCUT2D eigenvalue weighted by Gasteiger charge is -2.25. The van der Waals surface area contributed by atoms with E-state index in [2.05, 4.69) is 32.0 Å². The predicted molar refractivity (Wildman–Crippen MR) is 68.2 cm³/mol. The fourth-order valence-corrected chi connectivity index (χ4v) is 2.50. The summed E-state index contributed by atoms with van der Waals surface area (Å²) in [6.07, 6.45) is 3.74. The number of fused-ring (bicyclic) bond motifs is 1. The second-order valence-corrected chi connectivity index (χ2v) is 5.17. The largest absolute Gasteiger partial charge is 0.368 e. The molecule has 3 rings (SSSR count). The maximum Gasteiger partial charge on any atom is 0.220 e. The summed E-state index contributed by atoms with van der Waals surface area (Å²) in [7, 11) is 0. The van der Waals surface area contributed by atoms with Crippen molar-refractivity contribution >= 4 is 32.8 Å². The predicted octanol–water partition coefficient (Wildman–Crippen LogP) is 3.24. The van der Waals surface area contributed by atoms with Crippen LogP contribution < -0.4 is 5.73 Å². The Morgan fingerprint density at radius 2 is 2.06 bits per heavy atom. The van der Waals surface area contributed by atoms with E-state index in [1.807, 2.05) is 12.1 Å². The lowest BCUT2D eigenvalue weighted by molar-refractivity contribution is 0.414. The van der Waals surface area contributed by atoms with Gasteiger partial charge in [-0.2, -0.15) is 0 Å². The molecule has 1 aliphatic carbocycles. The average Bonchev–Trinajstić information content (AvgIpc) is 2.16. The molecule has 1 saturated carbocycles. The molecule has 82 valence electrons. The highest BCUT2D eigenvalue weighted by Gasteiger charge is 2.23. The summed E-state index contributed by atoms with van der Waals surface area (Å²) < 4.78 is 1.06. The Morgan fingerprint density at radius 3 is 2.75 bits per heavy atom. The molecule has 0 radical (unpaired) electrons. The Hall–Kier alpha value is -1.16. The van der Waals surface area contributed by atoms with Gasteiger partial charge in [0.2, 0.25) is 5.95 Å². The molecule has 1 aromatic carbocycles. The minimum absolute atomic E-state index is 0.386. The zero-order valence-corrected chi connectivity index (χ0v) is 10.4. The van der Waals surface area contributed by atoms with Crippen LogP contribution in [0.4, 0.5) is 5.95 Å². The smallest absolute Gasteiger partial charge is 0.220 e. The minimum atomic E-state index is 0.386. The van der Waals surface area contributed by atoms with Crippen LogP contribution in [0, 0.1) is 0 Å². The van der Waals surface area contributed by atoms with Crippen molar-refractivity contribution in [2.75, 3.05) is 5.73 Å². The molecule has 0 bridgehead atoms. The highest BCUT2D eigenvalue weighted by molar-refractivity contribution is 9.10. The first-order valence-electron chi connectivity index (χ1n) is 5.47. The topological polar surface area (TPSA) is 51.8 Å². The van der Waals surface area contributed by atoms with Crippen molar-refractivity contribution in [2.45, 2.75) is 25.2 Å². The van der Waals surface area contributed by atoms with Crippen LogP contribution in [-0.2, 0) is 0 Å². The molecule has 0 atom stereocenters. The third kappa shape index (κ3) is 1.57. The maximum atomic E-state index is 5.75. The van der Waals surface area contributed by atoms with E-state index < -0.39 is 0 Å². The molecule has 1 aromatic heterocycles. The molecule has 0 unspecified atom stereocenters. The van der Waals surface area contributed by atoms with E-state index in [1.54, 1.807) is 0 Å². The Kier molecular flexibility index (Phi) is 2.32. The number of nitrogen functional groups attached to an aromatic ring is 1. The zero-order valence-electron chi connectivity index (χ0n) is 8.78. The van der Waals surface area contributed by atoms with Crippen molar-refractivity contribution in [3.63, 3.8) is 0 Å². The first-order valence-corrected chi connectivity index (χ1v) is 6.26. The van der Waals surface area contributed by atoms with Gasteiger partial charge in [-0.3, -0.25) is 0 Å². The molecular weight excluding hydrogens is 266 g/mol. The van der Waals surface area contributed by atoms with Crippen LogP contribution in [0.2, 0.25) is 0 Å². The Balaban J connectivity index is 2.26. The van der Waals surface area contributed by atoms with Crippen LogP contribution in [0.1, 0.15) is 30.9 Å². The van der Waals surface area contributed by atoms with Crippen LogP contribution >= 0.6 is 15.9 Å². The van der Waals surface area contributed by atoms with Gasteiger partial charge in [-0.1, -0.05) is 22.4 Å². The van der Waals surface area contributed by atoms with Crippen LogP contribution in [-0.4, -0.2) is 9.97 Å². The molecule has 0 amide bonds. The SMILES string of the molecule is Nc1nc(C2CCC2)c2cc(Br)ccc2n1. The summed E-state index contributed by atoms with van der Waals surface area (Å²) in [5.74, 6) is 0.957. The van der Waals surface area contributed by atoms with Crippen molar-refractivity contribution in [2.24, 2.45) is 0 Å². The molecule has 2 aromatic rings. The number of rotatable bonds is 1. The van der Waals surface area contributed by atoms with Crippen LogP contribution in [0.3, 0.4) is 0 Å². The number of hydrogen-bond donors (Lipinski definition) is 1. The number of hydrogen-bond acceptors (Lipinski definition) is 3. The number of anilines is 1. The first kappa shape index (κ1) is 10.0. The molecule has 2 N–H and O–H groups in total. The van der Waals surface area contributed by atoms with E-state index in [0.29, 0.717) is 11.9 Å². The van der Waals surface area contributed by atoms with E-state index in [-0.39, 0.29) is 0 Å². The molecular formula is C12H12BrN3. The van der Waals surface area contributed by atoms with Gasteiger partial charge in [0.1, 0.15) is 0 Å². The van der Waals surface area contributed by atoms with Gasteiger partial charge in [-0.05, 0) is 31.0 Å². The van der Waals surface area contributed by atoms with Gasteiger partial charge in [-0.25, -0.2) is 9.97 Å². The van der Waals surface area contributed by atoms with Crippen LogP contribution in [0.5, 0.6) is 0 Å². The van der Waals surface area contributed by atoms with Gasteiger partial charge < -0.3 is 5.73 Å². The Morgan fingerprint density at radius 1 is 1.25 bits per heavy atom. The molecule has 1 heterocycles. The highest BCUT2D eigenvalue weighted by atomic mass is 79.9. The second kappa shape index (κ2) is 3.70. The summed E-state index contributed by atoms with van der Waals surface area (Å²) in [6.45, 7) is 0. The summed E-state index contributed by atoms with van der Waals surface area (Å²) in [5.41, 5.74) is 7.81. The van der Waals surface area contributed by atoms with E-state index in [0.717, 1.165) is 21.1 Å². The van der Waals surface area contributed by atoms with Crippen LogP contribution in [0.15, 0.2) is 22.7 Å². The van der Waals surface area contributed by atoms with Gasteiger partial charge in [0.15, 0.2) is 0 Å². The van der Waals surface area contributed by atoms with E-state index >= 15 is 0 Å². The number of nitrogens with two attached hydrogens (primary N) is 1. The quantitative estimate of drug-likeness (QED) is 0.871. The van der Waals surface area contributed by atoms with Gasteiger partial charge in [0, 0.05) is 15.8 Å². The summed E-state index contributed by atoms with van der Waals surface area (Å²) in [6, 6.07) is 6.06. The number of halogens is 1. The third-order valence-electron chi connectivity index (χ3n) is 3.20. The second-order valence-electron chi connectivity index (χ2n) is 4.26. The van der Waals surface area contributed by atoms with Crippen molar-refractivity contribution in [3.8, 4) is 0 Å². The fourth-order valence-electron chi connectivity index (χ4n) is 2.14. The normalized spacial score (nSPS) is 16.3. The molecule has 0 saturated heterocycles. The third-order valence-corrected chi connectivity index (χ3v) is 3.69. The molecule has 3 nitrogen and oxygen atoms in total. The zero-order chi connectivity index (χ0) is 11.1. The summed E-state index contributed by atoms with van der Waals surface area (Å²) in [4.78, 5) is 8.67. The first-order chi connectivity index (χ1) is 7.74. The van der Waals surface area contributed by atoms with Crippen molar-refractivity contribution in [1.82, 2.24) is 9.97 Å². The van der Waals surface area contributed by atoms with Crippen molar-refractivity contribution in [3.05, 3.63) is 28.4 Å². The Labute approximate surface area is 102 Å². The lowest BCUT2D eigenvalue weighted by Crippen LogP contribution is -2.13. The maximum absolute atomic E-state index is 5.75. The van der Waals surface area contributed by atoms with Crippen LogP contribution in [0.25, 0.3) is 10.9 Å². The van der Waals surface area contributed by atoms with E-state index in [4.69, 9.17) is 5.73 Å². The van der Waals surface area contributed by atoms with Crippen molar-refractivity contribution in [1.29, 1.82) is 0 Å². The number of benzene rings is 1. The minimum Gasteiger partial charge on any atom is -0.368 e. The number of nitrogens with zero attached hydrogens (tertiary/aromatic N) is 2. The van der Waals surface area contributed by atoms with E-state index in [9.17, 15) is 0 Å². The fraction of sp³-hybridized carbons (Fsp3) is 0.333. The van der Waals surface area contributed by atoms with Gasteiger partial charge >= 0.3 is 0 Å².